The van der Waals surface area contributed by atoms with Crippen molar-refractivity contribution in [3.05, 3.63) is 65.5 Å². The van der Waals surface area contributed by atoms with Gasteiger partial charge in [-0.1, -0.05) is 48.5 Å². The Morgan fingerprint density at radius 1 is 1.13 bits per heavy atom. The molecule has 1 aliphatic rings. The van der Waals surface area contributed by atoms with Crippen LogP contribution in [0.15, 0.2) is 53.7 Å². The van der Waals surface area contributed by atoms with E-state index in [-0.39, 0.29) is 11.9 Å². The molecule has 0 unspecified atom stereocenters. The Morgan fingerprint density at radius 3 is 2.53 bits per heavy atom. The first kappa shape index (κ1) is 20.3. The SMILES string of the molecule is CCOc1ccc(NC(=O)[C@@H]2Sc3nnc(CC)n3N[C@H]2c2ccc(C)cc2)cc1. The number of amides is 1. The molecular formula is C22H25N5O2S. The Kier molecular flexibility index (Phi) is 5.94. The fourth-order valence-electron chi connectivity index (χ4n) is 3.37. The van der Waals surface area contributed by atoms with Crippen molar-refractivity contribution >= 4 is 23.4 Å². The maximum absolute atomic E-state index is 13.3. The summed E-state index contributed by atoms with van der Waals surface area (Å²) in [7, 11) is 0. The maximum atomic E-state index is 13.3. The van der Waals surface area contributed by atoms with Crippen LogP contribution in [0.25, 0.3) is 0 Å². The number of nitrogens with one attached hydrogen (secondary N) is 2. The summed E-state index contributed by atoms with van der Waals surface area (Å²) in [5.41, 5.74) is 6.42. The first-order valence-corrected chi connectivity index (χ1v) is 10.9. The number of carbonyl (C=O) groups is 1. The lowest BCUT2D eigenvalue weighted by Crippen LogP contribution is -2.41. The van der Waals surface area contributed by atoms with Gasteiger partial charge in [0.2, 0.25) is 11.1 Å². The minimum Gasteiger partial charge on any atom is -0.494 e. The van der Waals surface area contributed by atoms with Gasteiger partial charge in [0, 0.05) is 12.1 Å². The fourth-order valence-corrected chi connectivity index (χ4v) is 4.46. The second-order valence-electron chi connectivity index (χ2n) is 7.09. The topological polar surface area (TPSA) is 81.1 Å². The molecule has 0 radical (unpaired) electrons. The average Bonchev–Trinajstić information content (AvgIpc) is 3.17. The van der Waals surface area contributed by atoms with E-state index < -0.39 is 5.25 Å². The van der Waals surface area contributed by atoms with Crippen molar-refractivity contribution in [3.8, 4) is 5.75 Å². The molecule has 2 heterocycles. The van der Waals surface area contributed by atoms with Gasteiger partial charge in [0.25, 0.3) is 0 Å². The Morgan fingerprint density at radius 2 is 1.87 bits per heavy atom. The lowest BCUT2D eigenvalue weighted by Gasteiger charge is -2.33. The van der Waals surface area contributed by atoms with Gasteiger partial charge in [-0.3, -0.25) is 4.79 Å². The van der Waals surface area contributed by atoms with Gasteiger partial charge in [-0.2, -0.15) is 0 Å². The third kappa shape index (κ3) is 4.14. The molecule has 2 atom stereocenters. The molecule has 8 heteroatoms. The van der Waals surface area contributed by atoms with E-state index in [1.54, 1.807) is 0 Å². The molecule has 0 bridgehead atoms. The predicted molar refractivity (Wildman–Crippen MR) is 119 cm³/mol. The largest absolute Gasteiger partial charge is 0.494 e. The zero-order valence-electron chi connectivity index (χ0n) is 17.3. The van der Waals surface area contributed by atoms with Crippen molar-refractivity contribution < 1.29 is 9.53 Å². The van der Waals surface area contributed by atoms with Crippen molar-refractivity contribution in [1.82, 2.24) is 14.9 Å². The highest BCUT2D eigenvalue weighted by Crippen LogP contribution is 2.37. The number of ether oxygens (including phenoxy) is 1. The van der Waals surface area contributed by atoms with Crippen LogP contribution in [0.2, 0.25) is 0 Å². The molecule has 2 aromatic carbocycles. The van der Waals surface area contributed by atoms with Gasteiger partial charge in [-0.25, -0.2) is 4.68 Å². The second kappa shape index (κ2) is 8.79. The number of benzene rings is 2. The van der Waals surface area contributed by atoms with Crippen LogP contribution in [0.4, 0.5) is 5.69 Å². The standard InChI is InChI=1S/C22H25N5O2S/c1-4-18-24-25-22-27(18)26-19(15-8-6-14(3)7-9-15)20(30-22)21(28)23-16-10-12-17(13-11-16)29-5-2/h6-13,19-20,26H,4-5H2,1-3H3,(H,23,28)/t19-,20+/m0/s1. The molecular weight excluding hydrogens is 398 g/mol. The van der Waals surface area contributed by atoms with Crippen LogP contribution in [-0.4, -0.2) is 32.6 Å². The second-order valence-corrected chi connectivity index (χ2v) is 8.20. The van der Waals surface area contributed by atoms with Crippen LogP contribution in [0.5, 0.6) is 5.75 Å². The van der Waals surface area contributed by atoms with Gasteiger partial charge in [-0.15, -0.1) is 10.2 Å². The summed E-state index contributed by atoms with van der Waals surface area (Å²) in [5, 5.41) is 11.8. The highest BCUT2D eigenvalue weighted by molar-refractivity contribution is 8.00. The Hall–Kier alpha value is -3.00. The molecule has 0 fully saturated rings. The average molecular weight is 424 g/mol. The van der Waals surface area contributed by atoms with Gasteiger partial charge in [0.05, 0.1) is 12.6 Å². The molecule has 0 aliphatic carbocycles. The summed E-state index contributed by atoms with van der Waals surface area (Å²) in [6, 6.07) is 15.4. The molecule has 7 nitrogen and oxygen atoms in total. The monoisotopic (exact) mass is 423 g/mol. The third-order valence-corrected chi connectivity index (χ3v) is 6.16. The summed E-state index contributed by atoms with van der Waals surface area (Å²) >= 11 is 1.43. The van der Waals surface area contributed by atoms with Crippen molar-refractivity contribution in [2.24, 2.45) is 0 Å². The number of carbonyl (C=O) groups excluding carboxylic acids is 1. The van der Waals surface area contributed by atoms with E-state index in [9.17, 15) is 4.79 Å². The van der Waals surface area contributed by atoms with Crippen molar-refractivity contribution in [3.63, 3.8) is 0 Å². The third-order valence-electron chi connectivity index (χ3n) is 4.95. The van der Waals surface area contributed by atoms with Gasteiger partial charge in [0.1, 0.15) is 11.0 Å². The molecule has 0 spiro atoms. The van der Waals surface area contributed by atoms with E-state index in [1.165, 1.54) is 17.3 Å². The molecule has 2 N–H and O–H groups in total. The van der Waals surface area contributed by atoms with Crippen molar-refractivity contribution in [1.29, 1.82) is 0 Å². The molecule has 1 aromatic heterocycles. The van der Waals surface area contributed by atoms with Crippen LogP contribution in [0.3, 0.4) is 0 Å². The zero-order valence-corrected chi connectivity index (χ0v) is 18.1. The van der Waals surface area contributed by atoms with E-state index in [4.69, 9.17) is 4.74 Å². The summed E-state index contributed by atoms with van der Waals surface area (Å²) in [6.45, 7) is 6.64. The molecule has 30 heavy (non-hydrogen) atoms. The Balaban J connectivity index is 1.60. The van der Waals surface area contributed by atoms with Crippen molar-refractivity contribution in [2.75, 3.05) is 17.3 Å². The summed E-state index contributed by atoms with van der Waals surface area (Å²) in [5.74, 6) is 1.54. The number of aryl methyl sites for hydroxylation is 2. The molecule has 0 saturated heterocycles. The van der Waals surface area contributed by atoms with Gasteiger partial charge < -0.3 is 15.5 Å². The molecule has 1 aliphatic heterocycles. The number of hydrogen-bond acceptors (Lipinski definition) is 6. The first-order chi connectivity index (χ1) is 14.6. The number of anilines is 1. The summed E-state index contributed by atoms with van der Waals surface area (Å²) in [6.07, 6.45) is 0.754. The lowest BCUT2D eigenvalue weighted by atomic mass is 10.0. The van der Waals surface area contributed by atoms with Crippen LogP contribution in [-0.2, 0) is 11.2 Å². The van der Waals surface area contributed by atoms with Crippen LogP contribution >= 0.6 is 11.8 Å². The molecule has 1 amide bonds. The number of fused-ring (bicyclic) bond motifs is 1. The highest BCUT2D eigenvalue weighted by atomic mass is 32.2. The number of thioether (sulfide) groups is 1. The van der Waals surface area contributed by atoms with Crippen LogP contribution < -0.4 is 15.5 Å². The summed E-state index contributed by atoms with van der Waals surface area (Å²) < 4.78 is 7.37. The van der Waals surface area contributed by atoms with E-state index in [1.807, 2.05) is 42.8 Å². The molecule has 156 valence electrons. The van der Waals surface area contributed by atoms with E-state index in [0.717, 1.165) is 29.2 Å². The van der Waals surface area contributed by atoms with Crippen LogP contribution in [0.1, 0.15) is 36.8 Å². The number of aromatic nitrogens is 3. The molecule has 4 rings (SSSR count). The Bertz CT molecular complexity index is 1020. The number of hydrogen-bond donors (Lipinski definition) is 2. The lowest BCUT2D eigenvalue weighted by molar-refractivity contribution is -0.116. The summed E-state index contributed by atoms with van der Waals surface area (Å²) in [4.78, 5) is 13.3. The highest BCUT2D eigenvalue weighted by Gasteiger charge is 2.37. The minimum atomic E-state index is -0.402. The quantitative estimate of drug-likeness (QED) is 0.625. The molecule has 0 saturated carbocycles. The van der Waals surface area contributed by atoms with Gasteiger partial charge in [-0.05, 0) is 43.7 Å². The first-order valence-electron chi connectivity index (χ1n) is 10.1. The Labute approximate surface area is 180 Å². The van der Waals surface area contributed by atoms with Crippen molar-refractivity contribution in [2.45, 2.75) is 43.6 Å². The smallest absolute Gasteiger partial charge is 0.240 e. The van der Waals surface area contributed by atoms with Crippen LogP contribution in [0, 0.1) is 6.92 Å². The minimum absolute atomic E-state index is 0.0884. The van der Waals surface area contributed by atoms with Gasteiger partial charge >= 0.3 is 0 Å². The fraction of sp³-hybridized carbons (Fsp3) is 0.318. The normalized spacial score (nSPS) is 17.7. The predicted octanol–water partition coefficient (Wildman–Crippen LogP) is 3.95. The zero-order chi connectivity index (χ0) is 21.1. The van der Waals surface area contributed by atoms with E-state index >= 15 is 0 Å². The maximum Gasteiger partial charge on any atom is 0.240 e. The molecule has 3 aromatic rings. The number of rotatable bonds is 6. The number of nitrogens with zero attached hydrogens (tertiary/aromatic N) is 3. The van der Waals surface area contributed by atoms with E-state index in [2.05, 4.69) is 52.1 Å². The van der Waals surface area contributed by atoms with Gasteiger partial charge in [0.15, 0.2) is 5.82 Å². The van der Waals surface area contributed by atoms with E-state index in [0.29, 0.717) is 11.8 Å².